The van der Waals surface area contributed by atoms with Gasteiger partial charge in [0.2, 0.25) is 0 Å². The van der Waals surface area contributed by atoms with Crippen molar-refractivity contribution < 1.29 is 9.50 Å². The van der Waals surface area contributed by atoms with E-state index in [0.717, 1.165) is 12.0 Å². The average molecular weight is 247 g/mol. The molecule has 0 bridgehead atoms. The van der Waals surface area contributed by atoms with Gasteiger partial charge in [-0.3, -0.25) is 0 Å². The summed E-state index contributed by atoms with van der Waals surface area (Å²) < 4.78 is 13.3. The van der Waals surface area contributed by atoms with Gasteiger partial charge in [0.1, 0.15) is 5.82 Å². The molecule has 13 heavy (non-hydrogen) atoms. The van der Waals surface area contributed by atoms with Gasteiger partial charge < -0.3 is 5.11 Å². The predicted molar refractivity (Wildman–Crippen MR) is 54.1 cm³/mol. The fourth-order valence-electron chi connectivity index (χ4n) is 1.07. The molecule has 0 aliphatic rings. The Morgan fingerprint density at radius 2 is 2.23 bits per heavy atom. The molecular formula is C10H12BrFO. The first-order valence-corrected chi connectivity index (χ1v) is 5.01. The minimum atomic E-state index is -0.302. The zero-order valence-electron chi connectivity index (χ0n) is 7.43. The summed E-state index contributed by atoms with van der Waals surface area (Å²) in [6.45, 7) is 1.75. The van der Waals surface area contributed by atoms with Gasteiger partial charge in [0.25, 0.3) is 0 Å². The highest BCUT2D eigenvalue weighted by Crippen LogP contribution is 2.17. The van der Waals surface area contributed by atoms with Gasteiger partial charge in [-0.05, 0) is 53.4 Å². The van der Waals surface area contributed by atoms with Crippen LogP contribution in [-0.4, -0.2) is 11.2 Å². The second-order valence-electron chi connectivity index (χ2n) is 3.14. The Kier molecular flexibility index (Phi) is 3.88. The number of aliphatic hydroxyl groups is 1. The van der Waals surface area contributed by atoms with Crippen LogP contribution in [-0.2, 0) is 6.42 Å². The van der Waals surface area contributed by atoms with Crippen molar-refractivity contribution >= 4 is 15.9 Å². The van der Waals surface area contributed by atoms with Crippen molar-refractivity contribution in [1.29, 1.82) is 0 Å². The first-order valence-electron chi connectivity index (χ1n) is 4.21. The second kappa shape index (κ2) is 4.72. The Morgan fingerprint density at radius 3 is 2.77 bits per heavy atom. The lowest BCUT2D eigenvalue weighted by molar-refractivity contribution is 0.185. The number of aryl methyl sites for hydroxylation is 1. The van der Waals surface area contributed by atoms with Gasteiger partial charge in [-0.15, -0.1) is 0 Å². The summed E-state index contributed by atoms with van der Waals surface area (Å²) >= 11 is 3.12. The SMILES string of the molecule is CC(O)CCc1ccc(F)c(Br)c1. The van der Waals surface area contributed by atoms with Crippen molar-refractivity contribution in [2.45, 2.75) is 25.9 Å². The van der Waals surface area contributed by atoms with E-state index < -0.39 is 0 Å². The fourth-order valence-corrected chi connectivity index (χ4v) is 1.50. The normalized spacial score (nSPS) is 12.9. The highest BCUT2D eigenvalue weighted by Gasteiger charge is 2.01. The van der Waals surface area contributed by atoms with E-state index in [2.05, 4.69) is 15.9 Å². The summed E-state index contributed by atoms with van der Waals surface area (Å²) in [5.74, 6) is -0.249. The van der Waals surface area contributed by atoms with Crippen LogP contribution in [0, 0.1) is 5.82 Å². The summed E-state index contributed by atoms with van der Waals surface area (Å²) in [5.41, 5.74) is 1.04. The average Bonchev–Trinajstić information content (AvgIpc) is 2.07. The molecule has 1 nitrogen and oxygen atoms in total. The van der Waals surface area contributed by atoms with Crippen LogP contribution >= 0.6 is 15.9 Å². The van der Waals surface area contributed by atoms with E-state index in [-0.39, 0.29) is 11.9 Å². The molecular weight excluding hydrogens is 235 g/mol. The van der Waals surface area contributed by atoms with Gasteiger partial charge in [-0.1, -0.05) is 6.07 Å². The Balaban J connectivity index is 2.63. The predicted octanol–water partition coefficient (Wildman–Crippen LogP) is 2.90. The van der Waals surface area contributed by atoms with E-state index in [0.29, 0.717) is 10.9 Å². The third-order valence-electron chi connectivity index (χ3n) is 1.83. The van der Waals surface area contributed by atoms with Crippen LogP contribution in [0.25, 0.3) is 0 Å². The molecule has 0 saturated heterocycles. The van der Waals surface area contributed by atoms with E-state index in [1.807, 2.05) is 0 Å². The fraction of sp³-hybridized carbons (Fsp3) is 0.400. The summed E-state index contributed by atoms with van der Waals surface area (Å²) in [6.07, 6.45) is 1.18. The minimum Gasteiger partial charge on any atom is -0.393 e. The molecule has 0 aliphatic carbocycles. The van der Waals surface area contributed by atoms with Crippen LogP contribution in [0.2, 0.25) is 0 Å². The first kappa shape index (κ1) is 10.7. The second-order valence-corrected chi connectivity index (χ2v) is 3.99. The third-order valence-corrected chi connectivity index (χ3v) is 2.44. The molecule has 72 valence electrons. The van der Waals surface area contributed by atoms with Gasteiger partial charge in [-0.25, -0.2) is 4.39 Å². The first-order chi connectivity index (χ1) is 6.09. The zero-order valence-corrected chi connectivity index (χ0v) is 9.01. The van der Waals surface area contributed by atoms with Gasteiger partial charge in [-0.2, -0.15) is 0 Å². The highest BCUT2D eigenvalue weighted by atomic mass is 79.9. The Morgan fingerprint density at radius 1 is 1.54 bits per heavy atom. The lowest BCUT2D eigenvalue weighted by Gasteiger charge is -2.04. The van der Waals surface area contributed by atoms with Crippen LogP contribution in [0.15, 0.2) is 22.7 Å². The Bertz CT molecular complexity index is 286. The maximum atomic E-state index is 12.8. The monoisotopic (exact) mass is 246 g/mol. The largest absolute Gasteiger partial charge is 0.393 e. The van der Waals surface area contributed by atoms with Gasteiger partial charge in [0.15, 0.2) is 0 Å². The van der Waals surface area contributed by atoms with E-state index >= 15 is 0 Å². The summed E-state index contributed by atoms with van der Waals surface area (Å²) in [4.78, 5) is 0. The number of hydrogen-bond donors (Lipinski definition) is 1. The highest BCUT2D eigenvalue weighted by molar-refractivity contribution is 9.10. The van der Waals surface area contributed by atoms with Crippen LogP contribution in [0.3, 0.4) is 0 Å². The lowest BCUT2D eigenvalue weighted by atomic mass is 10.1. The molecule has 3 heteroatoms. The maximum Gasteiger partial charge on any atom is 0.137 e. The molecule has 0 spiro atoms. The Hall–Kier alpha value is -0.410. The molecule has 0 saturated carbocycles. The quantitative estimate of drug-likeness (QED) is 0.870. The molecule has 0 fully saturated rings. The van der Waals surface area contributed by atoms with E-state index in [4.69, 9.17) is 5.11 Å². The molecule has 0 amide bonds. The molecule has 1 aromatic rings. The van der Waals surface area contributed by atoms with Crippen molar-refractivity contribution in [3.05, 3.63) is 34.1 Å². The van der Waals surface area contributed by atoms with Gasteiger partial charge in [0, 0.05) is 0 Å². The molecule has 1 unspecified atom stereocenters. The Labute approximate surface area is 85.7 Å². The van der Waals surface area contributed by atoms with Crippen molar-refractivity contribution in [1.82, 2.24) is 0 Å². The van der Waals surface area contributed by atoms with Crippen molar-refractivity contribution in [3.63, 3.8) is 0 Å². The smallest absolute Gasteiger partial charge is 0.137 e. The van der Waals surface area contributed by atoms with Crippen molar-refractivity contribution in [2.75, 3.05) is 0 Å². The number of hydrogen-bond acceptors (Lipinski definition) is 1. The zero-order chi connectivity index (χ0) is 9.84. The van der Waals surface area contributed by atoms with Crippen LogP contribution in [0.4, 0.5) is 4.39 Å². The lowest BCUT2D eigenvalue weighted by Crippen LogP contribution is -2.01. The van der Waals surface area contributed by atoms with E-state index in [1.54, 1.807) is 19.1 Å². The van der Waals surface area contributed by atoms with Crippen molar-refractivity contribution in [3.8, 4) is 0 Å². The standard InChI is InChI=1S/C10H12BrFO/c1-7(13)2-3-8-4-5-10(12)9(11)6-8/h4-7,13H,2-3H2,1H3. The molecule has 1 aromatic carbocycles. The molecule has 0 aliphatic heterocycles. The molecule has 0 radical (unpaired) electrons. The minimum absolute atomic E-state index is 0.249. The third kappa shape index (κ3) is 3.44. The summed E-state index contributed by atoms with van der Waals surface area (Å²) in [5, 5.41) is 9.05. The van der Waals surface area contributed by atoms with E-state index in [1.165, 1.54) is 6.07 Å². The molecule has 1 atom stereocenters. The van der Waals surface area contributed by atoms with Gasteiger partial charge >= 0.3 is 0 Å². The molecule has 0 heterocycles. The van der Waals surface area contributed by atoms with E-state index in [9.17, 15) is 4.39 Å². The molecule has 1 rings (SSSR count). The summed E-state index contributed by atoms with van der Waals surface area (Å²) in [7, 11) is 0. The maximum absolute atomic E-state index is 12.8. The summed E-state index contributed by atoms with van der Waals surface area (Å²) in [6, 6.07) is 4.92. The van der Waals surface area contributed by atoms with Crippen LogP contribution in [0.5, 0.6) is 0 Å². The van der Waals surface area contributed by atoms with Crippen LogP contribution in [0.1, 0.15) is 18.9 Å². The van der Waals surface area contributed by atoms with Crippen molar-refractivity contribution in [2.24, 2.45) is 0 Å². The molecule has 0 aromatic heterocycles. The van der Waals surface area contributed by atoms with Crippen LogP contribution < -0.4 is 0 Å². The number of halogens is 2. The molecule has 1 N–H and O–H groups in total. The topological polar surface area (TPSA) is 20.2 Å². The number of rotatable bonds is 3. The number of aliphatic hydroxyl groups excluding tert-OH is 1. The van der Waals surface area contributed by atoms with Gasteiger partial charge in [0.05, 0.1) is 10.6 Å². The number of benzene rings is 1.